The number of ether oxygens (including phenoxy) is 3. The van der Waals surface area contributed by atoms with Gasteiger partial charge in [-0.15, -0.1) is 0 Å². The van der Waals surface area contributed by atoms with Crippen molar-refractivity contribution >= 4 is 12.1 Å². The molecule has 1 aromatic carbocycles. The van der Waals surface area contributed by atoms with Crippen molar-refractivity contribution in [3.05, 3.63) is 59.7 Å². The summed E-state index contributed by atoms with van der Waals surface area (Å²) in [5.74, 6) is -0.520. The van der Waals surface area contributed by atoms with Gasteiger partial charge in [0, 0.05) is 6.20 Å². The number of nitrogens with zero attached hydrogens (tertiary/aromatic N) is 1. The van der Waals surface area contributed by atoms with Gasteiger partial charge in [-0.2, -0.15) is 0 Å². The number of amides is 1. The topological polar surface area (TPSA) is 86.8 Å². The third-order valence-electron chi connectivity index (χ3n) is 3.70. The molecule has 1 N–H and O–H groups in total. The second kappa shape index (κ2) is 9.86. The Bertz CT molecular complexity index is 834. The maximum absolute atomic E-state index is 13.2. The third kappa shape index (κ3) is 7.77. The molecule has 1 heterocycles. The first-order valence-electron chi connectivity index (χ1n) is 9.06. The van der Waals surface area contributed by atoms with Crippen molar-refractivity contribution in [3.63, 3.8) is 0 Å². The van der Waals surface area contributed by atoms with Crippen molar-refractivity contribution in [1.82, 2.24) is 10.3 Å². The molecule has 29 heavy (non-hydrogen) atoms. The number of aromatic nitrogens is 1. The second-order valence-corrected chi connectivity index (χ2v) is 7.39. The molecule has 0 aliphatic heterocycles. The molecule has 0 saturated heterocycles. The van der Waals surface area contributed by atoms with Gasteiger partial charge in [-0.3, -0.25) is 4.98 Å². The molecule has 0 aliphatic carbocycles. The summed E-state index contributed by atoms with van der Waals surface area (Å²) in [5, 5.41) is 2.76. The van der Waals surface area contributed by atoms with Gasteiger partial charge in [0.1, 0.15) is 23.8 Å². The number of hydrogen-bond acceptors (Lipinski definition) is 6. The van der Waals surface area contributed by atoms with E-state index in [4.69, 9.17) is 9.47 Å². The highest BCUT2D eigenvalue weighted by molar-refractivity contribution is 5.89. The number of pyridine rings is 1. The predicted octanol–water partition coefficient (Wildman–Crippen LogP) is 3.52. The molecular formula is C21H25FN2O5. The molecule has 0 radical (unpaired) electrons. The summed E-state index contributed by atoms with van der Waals surface area (Å²) in [5.41, 5.74) is 0.419. The Balaban J connectivity index is 2.08. The lowest BCUT2D eigenvalue weighted by atomic mass is 10.1. The number of carbonyl (C=O) groups is 2. The van der Waals surface area contributed by atoms with Crippen LogP contribution in [0.5, 0.6) is 5.75 Å². The fourth-order valence-corrected chi connectivity index (χ4v) is 2.45. The van der Waals surface area contributed by atoms with E-state index in [-0.39, 0.29) is 18.0 Å². The van der Waals surface area contributed by atoms with Gasteiger partial charge in [0.25, 0.3) is 0 Å². The van der Waals surface area contributed by atoms with E-state index in [1.54, 1.807) is 32.9 Å². The summed E-state index contributed by atoms with van der Waals surface area (Å²) in [6.45, 7) is 5.38. The molecule has 0 saturated carbocycles. The number of hydrogen-bond donors (Lipinski definition) is 1. The van der Waals surface area contributed by atoms with E-state index in [0.717, 1.165) is 5.56 Å². The smallest absolute Gasteiger partial charge is 0.408 e. The molecule has 0 bridgehead atoms. The number of carbonyl (C=O) groups excluding carboxylic acids is 2. The molecule has 7 nitrogen and oxygen atoms in total. The minimum Gasteiger partial charge on any atom is -0.490 e. The predicted molar refractivity (Wildman–Crippen MR) is 104 cm³/mol. The highest BCUT2D eigenvalue weighted by Gasteiger charge is 2.20. The number of benzene rings is 1. The lowest BCUT2D eigenvalue weighted by molar-refractivity contribution is 0.0487. The Labute approximate surface area is 169 Å². The summed E-state index contributed by atoms with van der Waals surface area (Å²) in [4.78, 5) is 27.8. The molecule has 1 aromatic heterocycles. The average molecular weight is 404 g/mol. The van der Waals surface area contributed by atoms with E-state index < -0.39 is 23.7 Å². The van der Waals surface area contributed by atoms with Crippen LogP contribution in [-0.4, -0.2) is 42.4 Å². The minimum absolute atomic E-state index is 0.0862. The number of rotatable bonds is 7. The van der Waals surface area contributed by atoms with Crippen molar-refractivity contribution in [1.29, 1.82) is 0 Å². The normalized spacial score (nSPS) is 12.0. The summed E-state index contributed by atoms with van der Waals surface area (Å²) in [6.07, 6.45) is 2.63. The van der Waals surface area contributed by atoms with E-state index in [2.05, 4.69) is 15.0 Å². The third-order valence-corrected chi connectivity index (χ3v) is 3.70. The van der Waals surface area contributed by atoms with Gasteiger partial charge in [-0.1, -0.05) is 12.1 Å². The van der Waals surface area contributed by atoms with Crippen molar-refractivity contribution in [2.45, 2.75) is 38.8 Å². The quantitative estimate of drug-likeness (QED) is 0.711. The first-order valence-corrected chi connectivity index (χ1v) is 9.06. The summed E-state index contributed by atoms with van der Waals surface area (Å²) < 4.78 is 28.8. The zero-order valence-electron chi connectivity index (χ0n) is 16.9. The monoisotopic (exact) mass is 404 g/mol. The van der Waals surface area contributed by atoms with E-state index in [1.165, 1.54) is 37.7 Å². The van der Waals surface area contributed by atoms with E-state index in [1.807, 2.05) is 0 Å². The molecule has 0 unspecified atom stereocenters. The lowest BCUT2D eigenvalue weighted by Crippen LogP contribution is -2.43. The first-order chi connectivity index (χ1) is 13.7. The Morgan fingerprint density at radius 2 is 1.86 bits per heavy atom. The van der Waals surface area contributed by atoms with Crippen LogP contribution in [0.15, 0.2) is 42.7 Å². The van der Waals surface area contributed by atoms with Crippen molar-refractivity contribution < 1.29 is 28.2 Å². The van der Waals surface area contributed by atoms with Crippen LogP contribution in [0, 0.1) is 5.82 Å². The maximum atomic E-state index is 13.2. The van der Waals surface area contributed by atoms with Crippen LogP contribution in [-0.2, 0) is 15.9 Å². The van der Waals surface area contributed by atoms with Crippen LogP contribution in [0.4, 0.5) is 9.18 Å². The summed E-state index contributed by atoms with van der Waals surface area (Å²) >= 11 is 0. The van der Waals surface area contributed by atoms with Gasteiger partial charge >= 0.3 is 12.1 Å². The van der Waals surface area contributed by atoms with Crippen molar-refractivity contribution in [2.75, 3.05) is 13.7 Å². The van der Waals surface area contributed by atoms with Crippen molar-refractivity contribution in [2.24, 2.45) is 0 Å². The fraction of sp³-hybridized carbons (Fsp3) is 0.381. The number of methoxy groups -OCH3 is 1. The molecule has 2 aromatic rings. The average Bonchev–Trinajstić information content (AvgIpc) is 2.66. The lowest BCUT2D eigenvalue weighted by Gasteiger charge is -2.24. The molecule has 1 amide bonds. The van der Waals surface area contributed by atoms with Gasteiger partial charge in [0.05, 0.1) is 24.9 Å². The number of halogens is 1. The minimum atomic E-state index is -0.649. The molecule has 0 spiro atoms. The summed E-state index contributed by atoms with van der Waals surface area (Å²) in [6, 6.07) is 7.02. The number of esters is 1. The second-order valence-electron chi connectivity index (χ2n) is 7.39. The van der Waals surface area contributed by atoms with E-state index in [0.29, 0.717) is 12.2 Å². The van der Waals surface area contributed by atoms with E-state index >= 15 is 0 Å². The fourth-order valence-electron chi connectivity index (χ4n) is 2.45. The van der Waals surface area contributed by atoms with Gasteiger partial charge in [-0.25, -0.2) is 14.0 Å². The number of alkyl carbamates (subject to hydrolysis) is 1. The van der Waals surface area contributed by atoms with Crippen LogP contribution < -0.4 is 10.1 Å². The van der Waals surface area contributed by atoms with Gasteiger partial charge in [0.2, 0.25) is 0 Å². The molecule has 156 valence electrons. The maximum Gasteiger partial charge on any atom is 0.408 e. The molecular weight excluding hydrogens is 379 g/mol. The van der Waals surface area contributed by atoms with Crippen LogP contribution in [0.2, 0.25) is 0 Å². The SMILES string of the molecule is COC(=O)c1cncc(OC[C@@H](Cc2ccc(F)cc2)NC(=O)OC(C)(C)C)c1. The zero-order chi connectivity index (χ0) is 21.4. The first kappa shape index (κ1) is 22.1. The Kier molecular flexibility index (Phi) is 7.52. The van der Waals surface area contributed by atoms with Crippen LogP contribution >= 0.6 is 0 Å². The molecule has 8 heteroatoms. The summed E-state index contributed by atoms with van der Waals surface area (Å²) in [7, 11) is 1.28. The van der Waals surface area contributed by atoms with Crippen LogP contribution in [0.3, 0.4) is 0 Å². The Morgan fingerprint density at radius 3 is 2.48 bits per heavy atom. The Morgan fingerprint density at radius 1 is 1.17 bits per heavy atom. The van der Waals surface area contributed by atoms with Gasteiger partial charge in [0.15, 0.2) is 0 Å². The molecule has 0 fully saturated rings. The highest BCUT2D eigenvalue weighted by atomic mass is 19.1. The van der Waals surface area contributed by atoms with E-state index in [9.17, 15) is 14.0 Å². The Hall–Kier alpha value is -3.16. The highest BCUT2D eigenvalue weighted by Crippen LogP contribution is 2.14. The van der Waals surface area contributed by atoms with Gasteiger partial charge in [-0.05, 0) is 51.0 Å². The molecule has 0 aliphatic rings. The molecule has 1 atom stereocenters. The van der Waals surface area contributed by atoms with Crippen LogP contribution in [0.1, 0.15) is 36.7 Å². The van der Waals surface area contributed by atoms with Crippen LogP contribution in [0.25, 0.3) is 0 Å². The standard InChI is InChI=1S/C21H25FN2O5/c1-21(2,3)29-20(26)24-17(9-14-5-7-16(22)8-6-14)13-28-18-10-15(11-23-12-18)19(25)27-4/h5-8,10-12,17H,9,13H2,1-4H3,(H,24,26)/t17-/m1/s1. The molecule has 2 rings (SSSR count). The number of nitrogens with one attached hydrogen (secondary N) is 1. The van der Waals surface area contributed by atoms with Crippen molar-refractivity contribution in [3.8, 4) is 5.75 Å². The largest absolute Gasteiger partial charge is 0.490 e. The zero-order valence-corrected chi connectivity index (χ0v) is 16.9. The van der Waals surface area contributed by atoms with Gasteiger partial charge < -0.3 is 19.5 Å².